The molecule has 0 aromatic rings. The normalized spacial score (nSPS) is 9.92. The molecule has 0 aromatic carbocycles. The number of carbonyl (C=O) groups is 1. The van der Waals surface area contributed by atoms with Crippen LogP contribution in [0.1, 0.15) is 32.6 Å². The maximum Gasteiger partial charge on any atom is 0.222 e. The van der Waals surface area contributed by atoms with Crippen molar-refractivity contribution >= 4 is 5.91 Å². The maximum atomic E-state index is 11.3. The van der Waals surface area contributed by atoms with E-state index in [0.29, 0.717) is 19.4 Å². The molecule has 3 heteroatoms. The zero-order valence-corrected chi connectivity index (χ0v) is 8.05. The number of aliphatic hydroxyl groups is 1. The van der Waals surface area contributed by atoms with Gasteiger partial charge < -0.3 is 10.0 Å². The third-order valence-corrected chi connectivity index (χ3v) is 1.82. The van der Waals surface area contributed by atoms with Gasteiger partial charge in [-0.25, -0.2) is 0 Å². The molecule has 0 aliphatic rings. The summed E-state index contributed by atoms with van der Waals surface area (Å²) in [6, 6.07) is 0. The molecule has 0 heterocycles. The lowest BCUT2D eigenvalue weighted by Gasteiger charge is -2.15. The van der Waals surface area contributed by atoms with E-state index in [9.17, 15) is 4.79 Å². The standard InChI is InChI=1S/C9H19NO2/c1-3-4-6-9(12)10(2)7-5-8-11/h11H,3-8H2,1-2H3. The molecule has 0 bridgehead atoms. The van der Waals surface area contributed by atoms with Crippen molar-refractivity contribution in [2.24, 2.45) is 0 Å². The lowest BCUT2D eigenvalue weighted by Crippen LogP contribution is -2.27. The number of carbonyl (C=O) groups excluding carboxylic acids is 1. The van der Waals surface area contributed by atoms with E-state index in [-0.39, 0.29) is 12.5 Å². The van der Waals surface area contributed by atoms with Gasteiger partial charge in [-0.3, -0.25) is 4.79 Å². The van der Waals surface area contributed by atoms with E-state index in [2.05, 4.69) is 6.92 Å². The van der Waals surface area contributed by atoms with E-state index >= 15 is 0 Å². The van der Waals surface area contributed by atoms with E-state index < -0.39 is 0 Å². The van der Waals surface area contributed by atoms with Crippen LogP contribution in [-0.2, 0) is 4.79 Å². The van der Waals surface area contributed by atoms with Crippen molar-refractivity contribution in [2.45, 2.75) is 32.6 Å². The Labute approximate surface area is 74.4 Å². The van der Waals surface area contributed by atoms with Crippen molar-refractivity contribution < 1.29 is 9.90 Å². The largest absolute Gasteiger partial charge is 0.396 e. The molecule has 0 saturated carbocycles. The highest BCUT2D eigenvalue weighted by Crippen LogP contribution is 1.98. The fraction of sp³-hybridized carbons (Fsp3) is 0.889. The highest BCUT2D eigenvalue weighted by Gasteiger charge is 2.05. The third kappa shape index (κ3) is 5.13. The number of amides is 1. The van der Waals surface area contributed by atoms with Crippen LogP contribution in [0.5, 0.6) is 0 Å². The van der Waals surface area contributed by atoms with Gasteiger partial charge in [0.25, 0.3) is 0 Å². The van der Waals surface area contributed by atoms with Crippen molar-refractivity contribution in [3.63, 3.8) is 0 Å². The van der Waals surface area contributed by atoms with Crippen LogP contribution >= 0.6 is 0 Å². The van der Waals surface area contributed by atoms with E-state index in [1.807, 2.05) is 0 Å². The summed E-state index contributed by atoms with van der Waals surface area (Å²) in [7, 11) is 1.79. The summed E-state index contributed by atoms with van der Waals surface area (Å²) < 4.78 is 0. The van der Waals surface area contributed by atoms with E-state index in [0.717, 1.165) is 12.8 Å². The topological polar surface area (TPSA) is 40.5 Å². The van der Waals surface area contributed by atoms with E-state index in [1.54, 1.807) is 11.9 Å². The Bertz CT molecular complexity index is 126. The second-order valence-corrected chi connectivity index (χ2v) is 3.00. The molecule has 0 saturated heterocycles. The Hall–Kier alpha value is -0.570. The number of aliphatic hydroxyl groups excluding tert-OH is 1. The van der Waals surface area contributed by atoms with Gasteiger partial charge in [-0.2, -0.15) is 0 Å². The van der Waals surface area contributed by atoms with Crippen molar-refractivity contribution in [1.29, 1.82) is 0 Å². The monoisotopic (exact) mass is 173 g/mol. The third-order valence-electron chi connectivity index (χ3n) is 1.82. The van der Waals surface area contributed by atoms with Gasteiger partial charge in [0, 0.05) is 26.6 Å². The lowest BCUT2D eigenvalue weighted by atomic mass is 10.2. The van der Waals surface area contributed by atoms with Crippen LogP contribution in [0.2, 0.25) is 0 Å². The van der Waals surface area contributed by atoms with Gasteiger partial charge in [-0.1, -0.05) is 13.3 Å². The average molecular weight is 173 g/mol. The quantitative estimate of drug-likeness (QED) is 0.651. The van der Waals surface area contributed by atoms with Gasteiger partial charge in [0.05, 0.1) is 0 Å². The summed E-state index contributed by atoms with van der Waals surface area (Å²) in [4.78, 5) is 12.9. The number of hydrogen-bond donors (Lipinski definition) is 1. The molecule has 0 aliphatic heterocycles. The van der Waals surface area contributed by atoms with Crippen LogP contribution in [0.4, 0.5) is 0 Å². The number of hydrogen-bond acceptors (Lipinski definition) is 2. The van der Waals surface area contributed by atoms with Crippen LogP contribution in [0.25, 0.3) is 0 Å². The Balaban J connectivity index is 3.47. The first-order valence-corrected chi connectivity index (χ1v) is 4.57. The van der Waals surface area contributed by atoms with E-state index in [4.69, 9.17) is 5.11 Å². The Morgan fingerprint density at radius 3 is 2.58 bits per heavy atom. The maximum absolute atomic E-state index is 11.3. The molecule has 0 rings (SSSR count). The molecule has 0 atom stereocenters. The van der Waals surface area contributed by atoms with Crippen LogP contribution in [0, 0.1) is 0 Å². The van der Waals surface area contributed by atoms with Crippen LogP contribution < -0.4 is 0 Å². The molecule has 0 radical (unpaired) electrons. The first-order chi connectivity index (χ1) is 5.72. The summed E-state index contributed by atoms with van der Waals surface area (Å²) in [6.45, 7) is 2.89. The Morgan fingerprint density at radius 1 is 1.42 bits per heavy atom. The predicted octanol–water partition coefficient (Wildman–Crippen LogP) is 1.02. The number of rotatable bonds is 6. The molecule has 0 aromatic heterocycles. The van der Waals surface area contributed by atoms with Gasteiger partial charge in [0.2, 0.25) is 5.91 Å². The zero-order chi connectivity index (χ0) is 9.40. The first kappa shape index (κ1) is 11.4. The number of nitrogens with zero attached hydrogens (tertiary/aromatic N) is 1. The van der Waals surface area contributed by atoms with Crippen molar-refractivity contribution in [2.75, 3.05) is 20.2 Å². The fourth-order valence-electron chi connectivity index (χ4n) is 0.951. The Morgan fingerprint density at radius 2 is 2.08 bits per heavy atom. The van der Waals surface area contributed by atoms with Crippen molar-refractivity contribution in [3.05, 3.63) is 0 Å². The van der Waals surface area contributed by atoms with Crippen LogP contribution in [-0.4, -0.2) is 36.1 Å². The van der Waals surface area contributed by atoms with E-state index in [1.165, 1.54) is 0 Å². The minimum atomic E-state index is 0.158. The summed E-state index contributed by atoms with van der Waals surface area (Å²) in [5.41, 5.74) is 0. The molecule has 0 fully saturated rings. The molecule has 1 amide bonds. The number of unbranched alkanes of at least 4 members (excludes halogenated alkanes) is 1. The van der Waals surface area contributed by atoms with Crippen LogP contribution in [0.3, 0.4) is 0 Å². The molecule has 0 spiro atoms. The molecule has 12 heavy (non-hydrogen) atoms. The van der Waals surface area contributed by atoms with Crippen molar-refractivity contribution in [1.82, 2.24) is 4.90 Å². The van der Waals surface area contributed by atoms with Gasteiger partial charge in [-0.05, 0) is 12.8 Å². The molecular weight excluding hydrogens is 154 g/mol. The Kier molecular flexibility index (Phi) is 6.76. The molecule has 0 unspecified atom stereocenters. The van der Waals surface area contributed by atoms with Crippen molar-refractivity contribution in [3.8, 4) is 0 Å². The van der Waals surface area contributed by atoms with Gasteiger partial charge in [-0.15, -0.1) is 0 Å². The van der Waals surface area contributed by atoms with Gasteiger partial charge >= 0.3 is 0 Å². The summed E-state index contributed by atoms with van der Waals surface area (Å²) in [5.74, 6) is 0.185. The summed E-state index contributed by atoms with van der Waals surface area (Å²) >= 11 is 0. The summed E-state index contributed by atoms with van der Waals surface area (Å²) in [5, 5.41) is 8.54. The molecule has 1 N–H and O–H groups in total. The first-order valence-electron chi connectivity index (χ1n) is 4.57. The minimum absolute atomic E-state index is 0.158. The van der Waals surface area contributed by atoms with Gasteiger partial charge in [0.15, 0.2) is 0 Å². The van der Waals surface area contributed by atoms with Crippen LogP contribution in [0.15, 0.2) is 0 Å². The molecule has 3 nitrogen and oxygen atoms in total. The lowest BCUT2D eigenvalue weighted by molar-refractivity contribution is -0.130. The minimum Gasteiger partial charge on any atom is -0.396 e. The predicted molar refractivity (Wildman–Crippen MR) is 48.9 cm³/mol. The SMILES string of the molecule is CCCCC(=O)N(C)CCCO. The molecule has 0 aliphatic carbocycles. The zero-order valence-electron chi connectivity index (χ0n) is 8.05. The second-order valence-electron chi connectivity index (χ2n) is 3.00. The average Bonchev–Trinajstić information content (AvgIpc) is 2.10. The molecular formula is C9H19NO2. The smallest absolute Gasteiger partial charge is 0.222 e. The molecule has 72 valence electrons. The fourth-order valence-corrected chi connectivity index (χ4v) is 0.951. The van der Waals surface area contributed by atoms with Gasteiger partial charge in [0.1, 0.15) is 0 Å². The second kappa shape index (κ2) is 7.10. The highest BCUT2D eigenvalue weighted by atomic mass is 16.3. The highest BCUT2D eigenvalue weighted by molar-refractivity contribution is 5.75. The summed E-state index contributed by atoms with van der Waals surface area (Å²) in [6.07, 6.45) is 3.33.